The van der Waals surface area contributed by atoms with Gasteiger partial charge in [0.05, 0.1) is 13.2 Å². The molecular weight excluding hydrogens is 422 g/mol. The summed E-state index contributed by atoms with van der Waals surface area (Å²) in [6.45, 7) is 7.03. The van der Waals surface area contributed by atoms with E-state index in [1.165, 1.54) is 0 Å². The first-order valence-electron chi connectivity index (χ1n) is 11.2. The Morgan fingerprint density at radius 2 is 1.85 bits per heavy atom. The molecule has 174 valence electrons. The Hall–Kier alpha value is -3.48. The fraction of sp³-hybridized carbons (Fsp3) is 0.385. The number of rotatable bonds is 7. The number of benzene rings is 2. The van der Waals surface area contributed by atoms with Gasteiger partial charge in [0.15, 0.2) is 11.5 Å². The molecule has 0 fully saturated rings. The van der Waals surface area contributed by atoms with Crippen LogP contribution in [0.4, 0.5) is 0 Å². The van der Waals surface area contributed by atoms with Crippen molar-refractivity contribution in [2.24, 2.45) is 5.92 Å². The summed E-state index contributed by atoms with van der Waals surface area (Å²) in [6, 6.07) is 11.0. The molecule has 1 amide bonds. The van der Waals surface area contributed by atoms with E-state index in [9.17, 15) is 9.59 Å². The Morgan fingerprint density at radius 3 is 2.58 bits per heavy atom. The van der Waals surface area contributed by atoms with Gasteiger partial charge in [-0.1, -0.05) is 19.9 Å². The Kier molecular flexibility index (Phi) is 6.58. The molecule has 2 aromatic carbocycles. The number of nitrogens with one attached hydrogen (secondary N) is 1. The number of methoxy groups -OCH3 is 1. The molecule has 1 aliphatic rings. The van der Waals surface area contributed by atoms with E-state index in [2.05, 4.69) is 19.2 Å². The van der Waals surface area contributed by atoms with Crippen molar-refractivity contribution in [2.75, 3.05) is 20.3 Å². The summed E-state index contributed by atoms with van der Waals surface area (Å²) >= 11 is 0. The summed E-state index contributed by atoms with van der Waals surface area (Å²) in [6.07, 6.45) is 0.481. The van der Waals surface area contributed by atoms with Crippen molar-refractivity contribution in [3.8, 4) is 17.2 Å². The van der Waals surface area contributed by atoms with Crippen LogP contribution in [0.25, 0.3) is 11.0 Å². The van der Waals surface area contributed by atoms with E-state index in [0.717, 1.165) is 22.3 Å². The smallest absolute Gasteiger partial charge is 0.339 e. The summed E-state index contributed by atoms with van der Waals surface area (Å²) in [5.74, 6) is 2.07. The minimum Gasteiger partial charge on any atom is -0.497 e. The molecule has 33 heavy (non-hydrogen) atoms. The van der Waals surface area contributed by atoms with Gasteiger partial charge in [-0.2, -0.15) is 0 Å². The number of hydrogen-bond acceptors (Lipinski definition) is 6. The molecule has 2 heterocycles. The van der Waals surface area contributed by atoms with Gasteiger partial charge in [-0.3, -0.25) is 4.79 Å². The zero-order valence-electron chi connectivity index (χ0n) is 19.4. The monoisotopic (exact) mass is 451 g/mol. The lowest BCUT2D eigenvalue weighted by Gasteiger charge is -2.25. The molecule has 0 spiro atoms. The third-order valence-corrected chi connectivity index (χ3v) is 6.01. The molecule has 1 aliphatic heterocycles. The van der Waals surface area contributed by atoms with Gasteiger partial charge in [0, 0.05) is 23.4 Å². The van der Waals surface area contributed by atoms with Crippen LogP contribution in [0.3, 0.4) is 0 Å². The lowest BCUT2D eigenvalue weighted by atomic mass is 9.95. The Bertz CT molecular complexity index is 1230. The molecule has 7 nitrogen and oxygen atoms in total. The molecular formula is C26H29NO6. The van der Waals surface area contributed by atoms with Gasteiger partial charge in [0.1, 0.15) is 24.5 Å². The summed E-state index contributed by atoms with van der Waals surface area (Å²) in [7, 11) is 1.56. The van der Waals surface area contributed by atoms with Crippen molar-refractivity contribution in [1.82, 2.24) is 5.32 Å². The number of hydrogen-bond donors (Lipinski definition) is 1. The molecule has 1 N–H and O–H groups in total. The van der Waals surface area contributed by atoms with Crippen LogP contribution < -0.4 is 25.2 Å². The number of fused-ring (bicyclic) bond motifs is 2. The van der Waals surface area contributed by atoms with Crippen molar-refractivity contribution in [3.05, 3.63) is 63.5 Å². The second-order valence-electron chi connectivity index (χ2n) is 8.55. The number of amides is 1. The highest BCUT2D eigenvalue weighted by Crippen LogP contribution is 2.34. The van der Waals surface area contributed by atoms with Gasteiger partial charge in [0.25, 0.3) is 0 Å². The van der Waals surface area contributed by atoms with Crippen molar-refractivity contribution >= 4 is 16.9 Å². The first-order valence-corrected chi connectivity index (χ1v) is 11.2. The number of carbonyl (C=O) groups excluding carboxylic acids is 1. The van der Waals surface area contributed by atoms with Crippen LogP contribution in [0.5, 0.6) is 17.2 Å². The first-order chi connectivity index (χ1) is 15.9. The SMILES string of the molecule is COc1ccc2c(C)c(CCC(=O)N[C@H](c3ccc4c(c3)OCCO4)C(C)C)c(=O)oc2c1. The lowest BCUT2D eigenvalue weighted by molar-refractivity contribution is -0.122. The normalized spacial score (nSPS) is 13.7. The van der Waals surface area contributed by atoms with Gasteiger partial charge in [-0.25, -0.2) is 4.79 Å². The predicted molar refractivity (Wildman–Crippen MR) is 125 cm³/mol. The maximum absolute atomic E-state index is 12.8. The van der Waals surface area contributed by atoms with Crippen LogP contribution >= 0.6 is 0 Å². The van der Waals surface area contributed by atoms with E-state index < -0.39 is 5.63 Å². The molecule has 3 aromatic rings. The molecule has 0 bridgehead atoms. The van der Waals surface area contributed by atoms with Crippen LogP contribution in [-0.4, -0.2) is 26.2 Å². The highest BCUT2D eigenvalue weighted by Gasteiger charge is 2.22. The fourth-order valence-electron chi connectivity index (χ4n) is 4.16. The molecule has 0 saturated carbocycles. The maximum atomic E-state index is 12.8. The van der Waals surface area contributed by atoms with Crippen molar-refractivity contribution in [1.29, 1.82) is 0 Å². The average molecular weight is 452 g/mol. The first kappa shape index (κ1) is 22.7. The summed E-state index contributed by atoms with van der Waals surface area (Å²) in [5.41, 5.74) is 2.35. The topological polar surface area (TPSA) is 87.0 Å². The van der Waals surface area contributed by atoms with Gasteiger partial charge < -0.3 is 23.9 Å². The largest absolute Gasteiger partial charge is 0.497 e. The molecule has 1 aromatic heterocycles. The third kappa shape index (κ3) is 4.82. The second kappa shape index (κ2) is 9.57. The van der Waals surface area contributed by atoms with Crippen LogP contribution in [0.15, 0.2) is 45.6 Å². The zero-order valence-corrected chi connectivity index (χ0v) is 19.4. The second-order valence-corrected chi connectivity index (χ2v) is 8.55. The van der Waals surface area contributed by atoms with Crippen LogP contribution in [0.2, 0.25) is 0 Å². The number of carbonyl (C=O) groups is 1. The van der Waals surface area contributed by atoms with E-state index >= 15 is 0 Å². The maximum Gasteiger partial charge on any atom is 0.339 e. The van der Waals surface area contributed by atoms with Crippen LogP contribution in [0.1, 0.15) is 43.0 Å². The van der Waals surface area contributed by atoms with Crippen molar-refractivity contribution in [2.45, 2.75) is 39.7 Å². The third-order valence-electron chi connectivity index (χ3n) is 6.01. The quantitative estimate of drug-likeness (QED) is 0.538. The fourth-order valence-corrected chi connectivity index (χ4v) is 4.16. The van der Waals surface area contributed by atoms with E-state index in [4.69, 9.17) is 18.6 Å². The Morgan fingerprint density at radius 1 is 1.09 bits per heavy atom. The van der Waals surface area contributed by atoms with E-state index in [1.807, 2.05) is 37.3 Å². The molecule has 4 rings (SSSR count). The zero-order chi connectivity index (χ0) is 23.5. The molecule has 0 unspecified atom stereocenters. The number of ether oxygens (including phenoxy) is 3. The molecule has 0 saturated heterocycles. The standard InChI is InChI=1S/C26H29NO6/c1-15(2)25(17-5-9-21-23(13-17)32-12-11-31-21)27-24(28)10-8-20-16(3)19-7-6-18(30-4)14-22(19)33-26(20)29/h5-7,9,13-15,25H,8,10-12H2,1-4H3,(H,27,28)/t25-/m0/s1. The summed E-state index contributed by atoms with van der Waals surface area (Å²) in [5, 5.41) is 3.95. The predicted octanol–water partition coefficient (Wildman–Crippen LogP) is 4.33. The van der Waals surface area contributed by atoms with Crippen LogP contribution in [0, 0.1) is 12.8 Å². The van der Waals surface area contributed by atoms with Crippen LogP contribution in [-0.2, 0) is 11.2 Å². The van der Waals surface area contributed by atoms with Gasteiger partial charge >= 0.3 is 5.63 Å². The highest BCUT2D eigenvalue weighted by atomic mass is 16.6. The van der Waals surface area contributed by atoms with Crippen molar-refractivity contribution < 1.29 is 23.4 Å². The summed E-state index contributed by atoms with van der Waals surface area (Å²) < 4.78 is 22.0. The lowest BCUT2D eigenvalue weighted by Crippen LogP contribution is -2.32. The van der Waals surface area contributed by atoms with Gasteiger partial charge in [-0.05, 0) is 54.7 Å². The van der Waals surface area contributed by atoms with Gasteiger partial charge in [-0.15, -0.1) is 0 Å². The Balaban J connectivity index is 1.49. The molecule has 0 radical (unpaired) electrons. The van der Waals surface area contributed by atoms with Crippen molar-refractivity contribution in [3.63, 3.8) is 0 Å². The molecule has 7 heteroatoms. The number of aryl methyl sites for hydroxylation is 1. The van der Waals surface area contributed by atoms with E-state index in [-0.39, 0.29) is 24.3 Å². The summed E-state index contributed by atoms with van der Waals surface area (Å²) in [4.78, 5) is 25.4. The molecule has 1 atom stereocenters. The minimum absolute atomic E-state index is 0.128. The Labute approximate surface area is 192 Å². The van der Waals surface area contributed by atoms with Gasteiger partial charge in [0.2, 0.25) is 5.91 Å². The minimum atomic E-state index is -0.423. The molecule has 0 aliphatic carbocycles. The average Bonchev–Trinajstić information content (AvgIpc) is 2.81. The van der Waals surface area contributed by atoms with E-state index in [0.29, 0.717) is 42.3 Å². The van der Waals surface area contributed by atoms with E-state index in [1.54, 1.807) is 13.2 Å². The highest BCUT2D eigenvalue weighted by molar-refractivity contribution is 5.83.